The van der Waals surface area contributed by atoms with Crippen LogP contribution >= 0.6 is 0 Å². The number of nitrogens with one attached hydrogen (secondary N) is 1. The molecule has 1 amide bonds. The normalized spacial score (nSPS) is 16.4. The largest absolute Gasteiger partial charge is 0.396 e. The summed E-state index contributed by atoms with van der Waals surface area (Å²) in [5.41, 5.74) is 0.799. The molecule has 0 spiro atoms. The Hall–Kier alpha value is -1.66. The second-order valence-corrected chi connectivity index (χ2v) is 5.36. The third kappa shape index (κ3) is 4.18. The van der Waals surface area contributed by atoms with Gasteiger partial charge >= 0.3 is 0 Å². The van der Waals surface area contributed by atoms with Gasteiger partial charge in [0, 0.05) is 31.3 Å². The minimum atomic E-state index is -0.398. The summed E-state index contributed by atoms with van der Waals surface area (Å²) < 4.78 is 19.5. The summed E-state index contributed by atoms with van der Waals surface area (Å²) in [5.74, 6) is -0.711. The second-order valence-electron chi connectivity index (χ2n) is 5.36. The number of hydrogen-bond donors (Lipinski definition) is 2. The van der Waals surface area contributed by atoms with Gasteiger partial charge in [0.05, 0.1) is 18.9 Å². The molecule has 1 heterocycles. The Bertz CT molecular complexity index is 504. The lowest BCUT2D eigenvalue weighted by Crippen LogP contribution is -2.37. The number of carbonyl (C=O) groups is 1. The van der Waals surface area contributed by atoms with E-state index in [4.69, 9.17) is 9.84 Å². The van der Waals surface area contributed by atoms with E-state index in [1.807, 2.05) is 11.8 Å². The lowest BCUT2D eigenvalue weighted by atomic mass is 10.1. The molecule has 122 valence electrons. The molecule has 0 radical (unpaired) electrons. The molecule has 1 atom stereocenters. The molecule has 0 aromatic heterocycles. The van der Waals surface area contributed by atoms with Gasteiger partial charge in [0.1, 0.15) is 5.82 Å². The van der Waals surface area contributed by atoms with Crippen molar-refractivity contribution in [3.8, 4) is 0 Å². The molecule has 1 saturated heterocycles. The van der Waals surface area contributed by atoms with E-state index >= 15 is 0 Å². The molecule has 1 aromatic carbocycles. The van der Waals surface area contributed by atoms with Crippen LogP contribution in [-0.4, -0.2) is 50.0 Å². The van der Waals surface area contributed by atoms with Gasteiger partial charge in [-0.25, -0.2) is 4.39 Å². The first-order valence-electron chi connectivity index (χ1n) is 7.69. The zero-order valence-electron chi connectivity index (χ0n) is 12.8. The number of nitrogens with zero attached hydrogens (tertiary/aromatic N) is 1. The fraction of sp³-hybridized carbons (Fsp3) is 0.562. The molecule has 1 fully saturated rings. The van der Waals surface area contributed by atoms with E-state index < -0.39 is 5.82 Å². The smallest absolute Gasteiger partial charge is 0.251 e. The van der Waals surface area contributed by atoms with Crippen LogP contribution in [0.4, 0.5) is 10.1 Å². The first-order valence-corrected chi connectivity index (χ1v) is 7.69. The molecule has 2 N–H and O–H groups in total. The highest BCUT2D eigenvalue weighted by Gasteiger charge is 2.18. The van der Waals surface area contributed by atoms with Crippen molar-refractivity contribution in [2.75, 3.05) is 37.8 Å². The number of hydrogen-bond acceptors (Lipinski definition) is 4. The molecule has 6 heteroatoms. The number of amides is 1. The molecular weight excluding hydrogens is 287 g/mol. The molecule has 22 heavy (non-hydrogen) atoms. The van der Waals surface area contributed by atoms with E-state index in [0.717, 1.165) is 6.42 Å². The number of anilines is 1. The van der Waals surface area contributed by atoms with E-state index in [1.165, 1.54) is 6.07 Å². The minimum absolute atomic E-state index is 0.0170. The minimum Gasteiger partial charge on any atom is -0.396 e. The zero-order chi connectivity index (χ0) is 15.9. The lowest BCUT2D eigenvalue weighted by Gasteiger charge is -2.29. The van der Waals surface area contributed by atoms with Crippen LogP contribution in [0, 0.1) is 5.82 Å². The average Bonchev–Trinajstić information content (AvgIpc) is 2.55. The Morgan fingerprint density at radius 2 is 2.18 bits per heavy atom. The fourth-order valence-corrected chi connectivity index (χ4v) is 2.51. The number of aliphatic hydroxyl groups is 1. The first-order chi connectivity index (χ1) is 10.7. The van der Waals surface area contributed by atoms with Crippen molar-refractivity contribution < 1.29 is 19.0 Å². The van der Waals surface area contributed by atoms with Gasteiger partial charge in [-0.05, 0) is 31.0 Å². The molecule has 1 unspecified atom stereocenters. The number of morpholine rings is 1. The van der Waals surface area contributed by atoms with Crippen LogP contribution < -0.4 is 10.2 Å². The number of halogens is 1. The second kappa shape index (κ2) is 8.10. The van der Waals surface area contributed by atoms with Gasteiger partial charge < -0.3 is 20.1 Å². The molecule has 0 saturated carbocycles. The van der Waals surface area contributed by atoms with Crippen molar-refractivity contribution in [1.82, 2.24) is 5.32 Å². The number of aliphatic hydroxyl groups excluding tert-OH is 1. The fourth-order valence-electron chi connectivity index (χ4n) is 2.51. The molecule has 2 rings (SSSR count). The highest BCUT2D eigenvalue weighted by Crippen LogP contribution is 2.21. The van der Waals surface area contributed by atoms with Crippen LogP contribution in [-0.2, 0) is 4.74 Å². The van der Waals surface area contributed by atoms with E-state index in [2.05, 4.69) is 5.32 Å². The zero-order valence-corrected chi connectivity index (χ0v) is 12.8. The highest BCUT2D eigenvalue weighted by molar-refractivity contribution is 5.94. The van der Waals surface area contributed by atoms with Crippen LogP contribution in [0.5, 0.6) is 0 Å². The predicted octanol–water partition coefficient (Wildman–Crippen LogP) is 1.55. The van der Waals surface area contributed by atoms with Gasteiger partial charge in [-0.2, -0.15) is 0 Å². The third-order valence-electron chi connectivity index (χ3n) is 3.87. The van der Waals surface area contributed by atoms with Gasteiger partial charge in [0.2, 0.25) is 0 Å². The topological polar surface area (TPSA) is 61.8 Å². The van der Waals surface area contributed by atoms with Gasteiger partial charge in [-0.1, -0.05) is 6.92 Å². The Morgan fingerprint density at radius 3 is 2.77 bits per heavy atom. The summed E-state index contributed by atoms with van der Waals surface area (Å²) in [5, 5.41) is 11.8. The van der Waals surface area contributed by atoms with Crippen molar-refractivity contribution in [2.45, 2.75) is 25.8 Å². The Labute approximate surface area is 130 Å². The summed E-state index contributed by atoms with van der Waals surface area (Å²) in [7, 11) is 0. The monoisotopic (exact) mass is 310 g/mol. The van der Waals surface area contributed by atoms with Crippen molar-refractivity contribution >= 4 is 11.6 Å². The number of rotatable bonds is 6. The molecule has 1 aliphatic heterocycles. The molecule has 0 aliphatic carbocycles. The van der Waals surface area contributed by atoms with Crippen LogP contribution in [0.3, 0.4) is 0 Å². The van der Waals surface area contributed by atoms with Crippen LogP contribution in [0.25, 0.3) is 0 Å². The number of ether oxygens (including phenoxy) is 1. The maximum Gasteiger partial charge on any atom is 0.251 e. The van der Waals surface area contributed by atoms with E-state index in [9.17, 15) is 9.18 Å². The predicted molar refractivity (Wildman–Crippen MR) is 82.7 cm³/mol. The molecule has 5 nitrogen and oxygen atoms in total. The van der Waals surface area contributed by atoms with Crippen LogP contribution in [0.2, 0.25) is 0 Å². The Morgan fingerprint density at radius 1 is 1.45 bits per heavy atom. The maximum atomic E-state index is 14.3. The third-order valence-corrected chi connectivity index (χ3v) is 3.87. The van der Waals surface area contributed by atoms with Crippen molar-refractivity contribution in [1.29, 1.82) is 0 Å². The van der Waals surface area contributed by atoms with Gasteiger partial charge in [0.15, 0.2) is 0 Å². The van der Waals surface area contributed by atoms with E-state index in [-0.39, 0.29) is 18.6 Å². The van der Waals surface area contributed by atoms with Crippen LogP contribution in [0.1, 0.15) is 30.1 Å². The van der Waals surface area contributed by atoms with Crippen molar-refractivity contribution in [2.24, 2.45) is 0 Å². The standard InChI is InChI=1S/C16H23FN2O3/c1-2-13(5-8-20)18-16(21)12-3-4-15(14(17)11-12)19-6-9-22-10-7-19/h3-4,11,13,20H,2,5-10H2,1H3,(H,18,21). The molecular formula is C16H23FN2O3. The quantitative estimate of drug-likeness (QED) is 0.837. The lowest BCUT2D eigenvalue weighted by molar-refractivity contribution is 0.0928. The summed E-state index contributed by atoms with van der Waals surface area (Å²) in [6.07, 6.45) is 1.22. The SMILES string of the molecule is CCC(CCO)NC(=O)c1ccc(N2CCOCC2)c(F)c1. The summed E-state index contributed by atoms with van der Waals surface area (Å²) in [6.45, 7) is 4.42. The average molecular weight is 310 g/mol. The van der Waals surface area contributed by atoms with Gasteiger partial charge in [0.25, 0.3) is 5.91 Å². The Balaban J connectivity index is 2.06. The molecule has 0 bridgehead atoms. The van der Waals surface area contributed by atoms with E-state index in [1.54, 1.807) is 12.1 Å². The van der Waals surface area contributed by atoms with E-state index in [0.29, 0.717) is 44.0 Å². The first kappa shape index (κ1) is 16.7. The molecule has 1 aromatic rings. The number of benzene rings is 1. The summed E-state index contributed by atoms with van der Waals surface area (Å²) in [4.78, 5) is 14.1. The maximum absolute atomic E-state index is 14.3. The van der Waals surface area contributed by atoms with Gasteiger partial charge in [-0.15, -0.1) is 0 Å². The summed E-state index contributed by atoms with van der Waals surface area (Å²) in [6, 6.07) is 4.45. The molecule has 1 aliphatic rings. The van der Waals surface area contributed by atoms with Crippen LogP contribution in [0.15, 0.2) is 18.2 Å². The summed E-state index contributed by atoms with van der Waals surface area (Å²) >= 11 is 0. The Kier molecular flexibility index (Phi) is 6.15. The van der Waals surface area contributed by atoms with Crippen molar-refractivity contribution in [3.63, 3.8) is 0 Å². The number of carbonyl (C=O) groups excluding carboxylic acids is 1. The van der Waals surface area contributed by atoms with Gasteiger partial charge in [-0.3, -0.25) is 4.79 Å². The van der Waals surface area contributed by atoms with Crippen molar-refractivity contribution in [3.05, 3.63) is 29.6 Å². The highest BCUT2D eigenvalue weighted by atomic mass is 19.1.